The van der Waals surface area contributed by atoms with Crippen molar-refractivity contribution in [3.8, 4) is 5.75 Å². The van der Waals surface area contributed by atoms with Crippen molar-refractivity contribution >= 4 is 11.8 Å². The van der Waals surface area contributed by atoms with Crippen LogP contribution in [0.2, 0.25) is 0 Å². The minimum atomic E-state index is -0.492. The van der Waals surface area contributed by atoms with Gasteiger partial charge in [-0.2, -0.15) is 0 Å². The highest BCUT2D eigenvalue weighted by Crippen LogP contribution is 2.37. The van der Waals surface area contributed by atoms with Crippen molar-refractivity contribution in [2.75, 3.05) is 13.1 Å². The molecule has 0 saturated heterocycles. The number of hydrogen-bond donors (Lipinski definition) is 3. The molecule has 6 nitrogen and oxygen atoms in total. The van der Waals surface area contributed by atoms with Crippen LogP contribution >= 0.6 is 0 Å². The minimum absolute atomic E-state index is 0.00603. The van der Waals surface area contributed by atoms with Crippen LogP contribution < -0.4 is 11.5 Å². The largest absolute Gasteiger partial charge is 0.508 e. The van der Waals surface area contributed by atoms with E-state index in [1.165, 1.54) is 0 Å². The molecule has 6 heteroatoms. The summed E-state index contributed by atoms with van der Waals surface area (Å²) in [6.45, 7) is -0.0121. The molecule has 102 valence electrons. The quantitative estimate of drug-likeness (QED) is 0.674. The summed E-state index contributed by atoms with van der Waals surface area (Å²) in [5.41, 5.74) is 12.5. The minimum Gasteiger partial charge on any atom is -0.508 e. The van der Waals surface area contributed by atoms with E-state index in [1.807, 2.05) is 6.07 Å². The first-order valence-electron chi connectivity index (χ1n) is 6.10. The van der Waals surface area contributed by atoms with Gasteiger partial charge in [-0.25, -0.2) is 0 Å². The number of rotatable bonds is 5. The normalized spacial score (nSPS) is 17.4. The van der Waals surface area contributed by atoms with Crippen molar-refractivity contribution in [3.63, 3.8) is 0 Å². The fourth-order valence-corrected chi connectivity index (χ4v) is 2.64. The summed E-state index contributed by atoms with van der Waals surface area (Å²) in [4.78, 5) is 23.9. The zero-order valence-corrected chi connectivity index (χ0v) is 10.5. The Morgan fingerprint density at radius 2 is 1.89 bits per heavy atom. The van der Waals surface area contributed by atoms with Crippen molar-refractivity contribution in [3.05, 3.63) is 29.3 Å². The van der Waals surface area contributed by atoms with Crippen LogP contribution in [0.15, 0.2) is 18.2 Å². The number of hydrogen-bond acceptors (Lipinski definition) is 4. The molecule has 0 saturated carbocycles. The van der Waals surface area contributed by atoms with Gasteiger partial charge in [0.05, 0.1) is 13.1 Å². The molecule has 0 radical (unpaired) electrons. The summed E-state index contributed by atoms with van der Waals surface area (Å²) in [5.74, 6) is -0.766. The van der Waals surface area contributed by atoms with E-state index in [-0.39, 0.29) is 24.9 Å². The summed E-state index contributed by atoms with van der Waals surface area (Å²) >= 11 is 0. The molecule has 0 fully saturated rings. The topological polar surface area (TPSA) is 110 Å². The van der Waals surface area contributed by atoms with Crippen LogP contribution in [0, 0.1) is 0 Å². The molecule has 1 unspecified atom stereocenters. The van der Waals surface area contributed by atoms with E-state index < -0.39 is 11.8 Å². The van der Waals surface area contributed by atoms with Crippen molar-refractivity contribution in [1.82, 2.24) is 4.90 Å². The maximum atomic E-state index is 11.1. The number of fused-ring (bicyclic) bond motifs is 1. The number of phenolic OH excluding ortho intramolecular Hbond substituents is 1. The predicted molar refractivity (Wildman–Crippen MR) is 69.1 cm³/mol. The molecule has 1 aliphatic rings. The monoisotopic (exact) mass is 263 g/mol. The second-order valence-electron chi connectivity index (χ2n) is 4.78. The number of phenols is 1. The first kappa shape index (κ1) is 13.4. The zero-order chi connectivity index (χ0) is 14.0. The van der Waals surface area contributed by atoms with E-state index in [0.717, 1.165) is 24.0 Å². The maximum Gasteiger partial charge on any atom is 0.231 e. The first-order valence-corrected chi connectivity index (χ1v) is 6.10. The fourth-order valence-electron chi connectivity index (χ4n) is 2.64. The number of nitrogens with zero attached hydrogens (tertiary/aromatic N) is 1. The van der Waals surface area contributed by atoms with Gasteiger partial charge in [0, 0.05) is 6.04 Å². The molecule has 0 heterocycles. The fraction of sp³-hybridized carbons (Fsp3) is 0.385. The van der Waals surface area contributed by atoms with Crippen LogP contribution in [0.5, 0.6) is 5.75 Å². The molecule has 19 heavy (non-hydrogen) atoms. The predicted octanol–water partition coefficient (Wildman–Crippen LogP) is -0.348. The number of benzene rings is 1. The number of carbonyl (C=O) groups excluding carboxylic acids is 2. The van der Waals surface area contributed by atoms with Crippen LogP contribution in [0.3, 0.4) is 0 Å². The van der Waals surface area contributed by atoms with Gasteiger partial charge in [0.15, 0.2) is 0 Å². The Morgan fingerprint density at radius 1 is 1.26 bits per heavy atom. The molecular weight excluding hydrogens is 246 g/mol. The lowest BCUT2D eigenvalue weighted by Crippen LogP contribution is -2.41. The molecular formula is C13H17N3O3. The van der Waals surface area contributed by atoms with Gasteiger partial charge in [-0.15, -0.1) is 0 Å². The number of aryl methyl sites for hydroxylation is 1. The van der Waals surface area contributed by atoms with E-state index in [4.69, 9.17) is 11.5 Å². The van der Waals surface area contributed by atoms with Crippen LogP contribution in [-0.4, -0.2) is 34.9 Å². The number of amides is 2. The highest BCUT2D eigenvalue weighted by Gasteiger charge is 2.29. The molecule has 0 aliphatic heterocycles. The standard InChI is InChI=1S/C13H17N3O3/c14-12(18)6-16(7-13(15)19)11-4-1-8-5-9(17)2-3-10(8)11/h2-3,5,11,17H,1,4,6-7H2,(H2,14,18)(H2,15,19). The van der Waals surface area contributed by atoms with Crippen LogP contribution in [-0.2, 0) is 16.0 Å². The lowest BCUT2D eigenvalue weighted by atomic mass is 10.1. The van der Waals surface area contributed by atoms with Gasteiger partial charge >= 0.3 is 0 Å². The van der Waals surface area contributed by atoms with Gasteiger partial charge in [-0.05, 0) is 36.1 Å². The lowest BCUT2D eigenvalue weighted by Gasteiger charge is -2.27. The van der Waals surface area contributed by atoms with Gasteiger partial charge in [-0.1, -0.05) is 6.07 Å². The third kappa shape index (κ3) is 3.03. The van der Waals surface area contributed by atoms with E-state index in [0.29, 0.717) is 0 Å². The summed E-state index contributed by atoms with van der Waals surface area (Å²) in [7, 11) is 0. The van der Waals surface area contributed by atoms with Gasteiger partial charge in [0.2, 0.25) is 11.8 Å². The van der Waals surface area contributed by atoms with Gasteiger partial charge in [0.1, 0.15) is 5.75 Å². The van der Waals surface area contributed by atoms with Gasteiger partial charge < -0.3 is 16.6 Å². The molecule has 0 aromatic heterocycles. The number of nitrogens with two attached hydrogens (primary N) is 2. The second kappa shape index (κ2) is 5.27. The Kier molecular flexibility index (Phi) is 3.71. The maximum absolute atomic E-state index is 11.1. The zero-order valence-electron chi connectivity index (χ0n) is 10.5. The van der Waals surface area contributed by atoms with Crippen molar-refractivity contribution < 1.29 is 14.7 Å². The van der Waals surface area contributed by atoms with Crippen LogP contribution in [0.25, 0.3) is 0 Å². The smallest absolute Gasteiger partial charge is 0.231 e. The lowest BCUT2D eigenvalue weighted by molar-refractivity contribution is -0.122. The third-order valence-electron chi connectivity index (χ3n) is 3.33. The highest BCUT2D eigenvalue weighted by molar-refractivity contribution is 5.79. The van der Waals surface area contributed by atoms with E-state index in [2.05, 4.69) is 0 Å². The molecule has 1 aromatic rings. The Hall–Kier alpha value is -2.08. The van der Waals surface area contributed by atoms with E-state index in [1.54, 1.807) is 17.0 Å². The number of carbonyl (C=O) groups is 2. The Labute approximate surface area is 111 Å². The number of aromatic hydroxyl groups is 1. The van der Waals surface area contributed by atoms with Crippen molar-refractivity contribution in [2.24, 2.45) is 11.5 Å². The summed E-state index contributed by atoms with van der Waals surface area (Å²) in [6.07, 6.45) is 1.57. The molecule has 2 amide bonds. The first-order chi connectivity index (χ1) is 8.97. The number of primary amides is 2. The Morgan fingerprint density at radius 3 is 2.47 bits per heavy atom. The van der Waals surface area contributed by atoms with Crippen LogP contribution in [0.1, 0.15) is 23.6 Å². The van der Waals surface area contributed by atoms with Gasteiger partial charge in [0.25, 0.3) is 0 Å². The highest BCUT2D eigenvalue weighted by atomic mass is 16.3. The summed E-state index contributed by atoms with van der Waals surface area (Å²) in [5, 5.41) is 9.45. The molecule has 0 spiro atoms. The second-order valence-corrected chi connectivity index (χ2v) is 4.78. The average Bonchev–Trinajstić information content (AvgIpc) is 2.69. The molecule has 0 bridgehead atoms. The average molecular weight is 263 g/mol. The van der Waals surface area contributed by atoms with E-state index >= 15 is 0 Å². The van der Waals surface area contributed by atoms with Crippen LogP contribution in [0.4, 0.5) is 0 Å². The molecule has 1 atom stereocenters. The molecule has 1 aromatic carbocycles. The molecule has 1 aliphatic carbocycles. The third-order valence-corrected chi connectivity index (χ3v) is 3.33. The summed E-state index contributed by atoms with van der Waals surface area (Å²) < 4.78 is 0. The van der Waals surface area contributed by atoms with Gasteiger partial charge in [-0.3, -0.25) is 14.5 Å². The SMILES string of the molecule is NC(=O)CN(CC(N)=O)C1CCc2cc(O)ccc21. The molecule has 5 N–H and O–H groups in total. The Bertz CT molecular complexity index is 500. The van der Waals surface area contributed by atoms with Crippen molar-refractivity contribution in [2.45, 2.75) is 18.9 Å². The van der Waals surface area contributed by atoms with Crippen molar-refractivity contribution in [1.29, 1.82) is 0 Å². The molecule has 2 rings (SSSR count). The Balaban J connectivity index is 2.25. The van der Waals surface area contributed by atoms with E-state index in [9.17, 15) is 14.7 Å². The summed E-state index contributed by atoms with van der Waals surface area (Å²) in [6, 6.07) is 5.07.